The lowest BCUT2D eigenvalue weighted by Crippen LogP contribution is -2.36. The molecule has 1 saturated carbocycles. The first-order valence-corrected chi connectivity index (χ1v) is 19.5. The van der Waals surface area contributed by atoms with Gasteiger partial charge in [-0.1, -0.05) is 26.0 Å². The van der Waals surface area contributed by atoms with E-state index in [4.69, 9.17) is 4.98 Å². The first kappa shape index (κ1) is 38.4. The third-order valence-corrected chi connectivity index (χ3v) is 12.1. The second-order valence-corrected chi connectivity index (χ2v) is 17.6. The van der Waals surface area contributed by atoms with Crippen molar-refractivity contribution in [2.45, 2.75) is 108 Å². The van der Waals surface area contributed by atoms with Gasteiger partial charge < -0.3 is 10.0 Å². The van der Waals surface area contributed by atoms with Crippen molar-refractivity contribution in [1.82, 2.24) is 19.3 Å². The average molecular weight is 754 g/mol. The van der Waals surface area contributed by atoms with Crippen molar-refractivity contribution in [3.8, 4) is 0 Å². The van der Waals surface area contributed by atoms with Crippen LogP contribution in [0.2, 0.25) is 0 Å². The summed E-state index contributed by atoms with van der Waals surface area (Å²) in [5, 5.41) is 11.6. The molecule has 1 saturated heterocycles. The Hall–Kier alpha value is -3.30. The minimum absolute atomic E-state index is 0.00328. The Kier molecular flexibility index (Phi) is 10.5. The number of hydrogen-bond acceptors (Lipinski definition) is 7. The lowest BCUT2D eigenvalue weighted by Gasteiger charge is -2.41. The van der Waals surface area contributed by atoms with E-state index in [2.05, 4.69) is 9.97 Å². The summed E-state index contributed by atoms with van der Waals surface area (Å²) in [6, 6.07) is 3.92. The summed E-state index contributed by atoms with van der Waals surface area (Å²) < 4.78 is 111. The summed E-state index contributed by atoms with van der Waals surface area (Å²) in [5.41, 5.74) is 1.60. The number of sulfonamides is 1. The van der Waals surface area contributed by atoms with Crippen molar-refractivity contribution in [2.24, 2.45) is 5.41 Å². The molecule has 2 atom stereocenters. The third kappa shape index (κ3) is 8.25. The van der Waals surface area contributed by atoms with E-state index in [0.717, 1.165) is 30.5 Å². The predicted molar refractivity (Wildman–Crippen MR) is 184 cm³/mol. The van der Waals surface area contributed by atoms with Crippen molar-refractivity contribution < 1.29 is 39.9 Å². The van der Waals surface area contributed by atoms with Crippen LogP contribution in [0.5, 0.6) is 0 Å². The number of aliphatic hydroxyl groups is 1. The molecular formula is C37H45F6N5O3S. The van der Waals surface area contributed by atoms with Crippen LogP contribution in [0.15, 0.2) is 36.7 Å². The summed E-state index contributed by atoms with van der Waals surface area (Å²) in [7, 11) is -1.92. The Bertz CT molecular complexity index is 1850. The molecule has 0 bridgehead atoms. The van der Waals surface area contributed by atoms with E-state index in [9.17, 15) is 35.5 Å². The molecule has 2 fully saturated rings. The van der Waals surface area contributed by atoms with Crippen molar-refractivity contribution in [1.29, 1.82) is 0 Å². The highest BCUT2D eigenvalue weighted by atomic mass is 32.2. The van der Waals surface area contributed by atoms with Gasteiger partial charge in [-0.3, -0.25) is 4.98 Å². The zero-order valence-corrected chi connectivity index (χ0v) is 30.5. The number of hydrogen-bond donors (Lipinski definition) is 1. The molecule has 6 rings (SSSR count). The summed E-state index contributed by atoms with van der Waals surface area (Å²) in [4.78, 5) is 16.0. The summed E-state index contributed by atoms with van der Waals surface area (Å²) >= 11 is 0. The predicted octanol–water partition coefficient (Wildman–Crippen LogP) is 8.02. The van der Waals surface area contributed by atoms with Gasteiger partial charge in [0.2, 0.25) is 21.9 Å². The summed E-state index contributed by atoms with van der Waals surface area (Å²) in [6.45, 7) is 5.09. The largest absolute Gasteiger partial charge is 0.416 e. The van der Waals surface area contributed by atoms with E-state index in [0.29, 0.717) is 72.8 Å². The number of rotatable bonds is 8. The topological polar surface area (TPSA) is 99.5 Å². The first-order valence-electron chi connectivity index (χ1n) is 17.6. The van der Waals surface area contributed by atoms with Crippen molar-refractivity contribution in [2.75, 3.05) is 31.3 Å². The fourth-order valence-corrected chi connectivity index (χ4v) is 8.42. The maximum Gasteiger partial charge on any atom is 0.416 e. The Balaban J connectivity index is 1.39. The number of pyridine rings is 1. The molecule has 0 radical (unpaired) electrons. The molecule has 2 aliphatic carbocycles. The van der Waals surface area contributed by atoms with Crippen molar-refractivity contribution >= 4 is 16.0 Å². The Morgan fingerprint density at radius 2 is 1.58 bits per heavy atom. The second kappa shape index (κ2) is 14.2. The molecule has 1 unspecified atom stereocenters. The number of aromatic nitrogens is 3. The minimum Gasteiger partial charge on any atom is -0.388 e. The van der Waals surface area contributed by atoms with Gasteiger partial charge in [0, 0.05) is 80.2 Å². The van der Waals surface area contributed by atoms with Gasteiger partial charge in [-0.25, -0.2) is 35.9 Å². The normalized spacial score (nSPS) is 22.0. The Labute approximate surface area is 300 Å². The molecule has 15 heteroatoms. The molecule has 3 aromatic rings. The van der Waals surface area contributed by atoms with Crippen LogP contribution in [0.1, 0.15) is 128 Å². The average Bonchev–Trinajstić information content (AvgIpc) is 3.06. The van der Waals surface area contributed by atoms with Gasteiger partial charge in [0.05, 0.1) is 23.6 Å². The van der Waals surface area contributed by atoms with Gasteiger partial charge in [-0.05, 0) is 73.1 Å². The Morgan fingerprint density at radius 3 is 2.13 bits per heavy atom. The number of benzene rings is 1. The van der Waals surface area contributed by atoms with E-state index in [-0.39, 0.29) is 54.7 Å². The van der Waals surface area contributed by atoms with Crippen LogP contribution in [0, 0.1) is 5.41 Å². The van der Waals surface area contributed by atoms with Gasteiger partial charge in [-0.15, -0.1) is 0 Å². The van der Waals surface area contributed by atoms with E-state index in [1.165, 1.54) is 11.4 Å². The third-order valence-electron chi connectivity index (χ3n) is 10.9. The molecule has 2 aromatic heterocycles. The molecule has 8 nitrogen and oxygen atoms in total. The molecule has 0 amide bonds. The molecule has 0 spiro atoms. The highest BCUT2D eigenvalue weighted by Gasteiger charge is 2.44. The minimum atomic E-state index is -4.61. The van der Waals surface area contributed by atoms with Crippen LogP contribution in [-0.2, 0) is 29.2 Å². The lowest BCUT2D eigenvalue weighted by atomic mass is 9.68. The molecule has 3 heterocycles. The van der Waals surface area contributed by atoms with Crippen LogP contribution >= 0.6 is 0 Å². The van der Waals surface area contributed by atoms with Gasteiger partial charge in [0.1, 0.15) is 0 Å². The maximum absolute atomic E-state index is 17.2. The van der Waals surface area contributed by atoms with Crippen LogP contribution < -0.4 is 4.90 Å². The monoisotopic (exact) mass is 753 g/mol. The number of nitrogens with zero attached hydrogens (tertiary/aromatic N) is 5. The number of aliphatic hydroxyl groups excluding tert-OH is 1. The molecule has 1 aromatic carbocycles. The fraction of sp³-hybridized carbons (Fsp3) is 0.595. The van der Waals surface area contributed by atoms with Crippen LogP contribution in [-0.4, -0.2) is 65.1 Å². The maximum atomic E-state index is 17.2. The van der Waals surface area contributed by atoms with Crippen LogP contribution in [0.3, 0.4) is 0 Å². The van der Waals surface area contributed by atoms with E-state index in [1.54, 1.807) is 12.4 Å². The molecule has 52 heavy (non-hydrogen) atoms. The summed E-state index contributed by atoms with van der Waals surface area (Å²) in [6.07, 6.45) is -1.99. The second-order valence-electron chi connectivity index (χ2n) is 15.5. The quantitative estimate of drug-likeness (QED) is 0.233. The zero-order chi connectivity index (χ0) is 37.8. The number of alkyl halides is 6. The Morgan fingerprint density at radius 1 is 0.981 bits per heavy atom. The summed E-state index contributed by atoms with van der Waals surface area (Å²) in [5.74, 6) is -3.17. The highest BCUT2D eigenvalue weighted by Crippen LogP contribution is 2.52. The van der Waals surface area contributed by atoms with Gasteiger partial charge in [0.25, 0.3) is 0 Å². The SMILES string of the molecule is CN(Cc1cnc(N2CCC(c3nc4c(c(C5CCC(F)(F)CC5)c3[C@@H](F)c3ccc(C(F)(F)F)cc3)C(O)CC(C)(C)C4)CC2)nc1)S(C)(=O)=O. The molecule has 1 N–H and O–H groups in total. The molecular weight excluding hydrogens is 708 g/mol. The van der Waals surface area contributed by atoms with Crippen LogP contribution in [0.4, 0.5) is 32.3 Å². The first-order chi connectivity index (χ1) is 24.2. The fourth-order valence-electron chi connectivity index (χ4n) is 8.04. The lowest BCUT2D eigenvalue weighted by molar-refractivity contribution is -0.137. The standard InChI is InChI=1S/C37H45F6N5O3S/c1-35(2)17-27-30(28(49)18-35)29(23-9-13-36(39,40)14-10-23)31(32(38)24-5-7-26(8-6-24)37(41,42)43)33(46-27)25-11-15-48(16-12-25)34-44-19-22(20-45-34)21-47(3)52(4,50)51/h5-8,19-20,23,25,28,32,49H,9-18,21H2,1-4H3/t28?,32-/m0/s1. The van der Waals surface area contributed by atoms with Gasteiger partial charge >= 0.3 is 6.18 Å². The number of anilines is 1. The van der Waals surface area contributed by atoms with Gasteiger partial charge in [-0.2, -0.15) is 13.2 Å². The van der Waals surface area contributed by atoms with Crippen molar-refractivity contribution in [3.05, 3.63) is 81.4 Å². The van der Waals surface area contributed by atoms with Crippen LogP contribution in [0.25, 0.3) is 0 Å². The number of halogens is 6. The van der Waals surface area contributed by atoms with Crippen molar-refractivity contribution in [3.63, 3.8) is 0 Å². The molecule has 284 valence electrons. The highest BCUT2D eigenvalue weighted by molar-refractivity contribution is 7.88. The smallest absolute Gasteiger partial charge is 0.388 e. The number of piperidine rings is 1. The van der Waals surface area contributed by atoms with E-state index in [1.807, 2.05) is 18.7 Å². The molecule has 1 aliphatic heterocycles. The van der Waals surface area contributed by atoms with Gasteiger partial charge in [0.15, 0.2) is 6.17 Å². The number of fused-ring (bicyclic) bond motifs is 1. The molecule has 3 aliphatic rings. The van der Waals surface area contributed by atoms with E-state index >= 15 is 4.39 Å². The zero-order valence-electron chi connectivity index (χ0n) is 29.7. The van der Waals surface area contributed by atoms with E-state index < -0.39 is 45.9 Å².